The summed E-state index contributed by atoms with van der Waals surface area (Å²) >= 11 is 0. The maximum atomic E-state index is 11.8. The highest BCUT2D eigenvalue weighted by atomic mass is 16.6. The highest BCUT2D eigenvalue weighted by Crippen LogP contribution is 2.28. The van der Waals surface area contributed by atoms with E-state index in [1.165, 1.54) is 12.0 Å². The third-order valence-electron chi connectivity index (χ3n) is 2.45. The van der Waals surface area contributed by atoms with Gasteiger partial charge < -0.3 is 9.47 Å². The molecule has 0 radical (unpaired) electrons. The van der Waals surface area contributed by atoms with Crippen LogP contribution in [0.5, 0.6) is 0 Å². The molecule has 5 heteroatoms. The Morgan fingerprint density at radius 3 is 2.25 bits per heavy atom. The first-order valence-electron chi connectivity index (χ1n) is 5.35. The zero-order chi connectivity index (χ0) is 12.5. The molecule has 1 amide bonds. The Labute approximate surface area is 95.7 Å². The lowest BCUT2D eigenvalue weighted by atomic mass is 9.95. The lowest BCUT2D eigenvalue weighted by Crippen LogP contribution is -2.61. The zero-order valence-corrected chi connectivity index (χ0v) is 10.4. The summed E-state index contributed by atoms with van der Waals surface area (Å²) in [4.78, 5) is 24.6. The SMILES string of the molecule is COC(=O)[C@H]1C[C@@H](C)N1C(=O)OC(C)(C)C. The lowest BCUT2D eigenvalue weighted by Gasteiger charge is -2.44. The number of ether oxygens (including phenoxy) is 2. The Morgan fingerprint density at radius 2 is 1.88 bits per heavy atom. The van der Waals surface area contributed by atoms with Crippen LogP contribution in [0.2, 0.25) is 0 Å². The van der Waals surface area contributed by atoms with Gasteiger partial charge in [-0.25, -0.2) is 9.59 Å². The van der Waals surface area contributed by atoms with Gasteiger partial charge in [0, 0.05) is 6.04 Å². The number of methoxy groups -OCH3 is 1. The fourth-order valence-corrected chi connectivity index (χ4v) is 1.69. The number of rotatable bonds is 1. The molecule has 0 unspecified atom stereocenters. The van der Waals surface area contributed by atoms with Gasteiger partial charge in [0.1, 0.15) is 11.6 Å². The van der Waals surface area contributed by atoms with E-state index in [1.807, 2.05) is 6.92 Å². The number of nitrogens with zero attached hydrogens (tertiary/aromatic N) is 1. The number of hydrogen-bond donors (Lipinski definition) is 0. The number of carbonyl (C=O) groups is 2. The summed E-state index contributed by atoms with van der Waals surface area (Å²) in [6.07, 6.45) is 0.174. The van der Waals surface area contributed by atoms with E-state index >= 15 is 0 Å². The molecule has 0 bridgehead atoms. The summed E-state index contributed by atoms with van der Waals surface area (Å²) in [6.45, 7) is 7.26. The van der Waals surface area contributed by atoms with Gasteiger partial charge in [0.2, 0.25) is 0 Å². The van der Waals surface area contributed by atoms with E-state index < -0.39 is 17.7 Å². The van der Waals surface area contributed by atoms with E-state index in [2.05, 4.69) is 4.74 Å². The first kappa shape index (κ1) is 12.8. The predicted octanol–water partition coefficient (Wildman–Crippen LogP) is 1.56. The average molecular weight is 229 g/mol. The van der Waals surface area contributed by atoms with Crippen molar-refractivity contribution >= 4 is 12.1 Å². The molecule has 0 aromatic heterocycles. The largest absolute Gasteiger partial charge is 0.467 e. The quantitative estimate of drug-likeness (QED) is 0.640. The van der Waals surface area contributed by atoms with Crippen LogP contribution in [0.15, 0.2) is 0 Å². The van der Waals surface area contributed by atoms with Gasteiger partial charge in [0.25, 0.3) is 0 Å². The molecular weight excluding hydrogens is 210 g/mol. The molecule has 0 aromatic rings. The molecule has 5 nitrogen and oxygen atoms in total. The molecular formula is C11H19NO4. The van der Waals surface area contributed by atoms with Crippen molar-refractivity contribution in [2.45, 2.75) is 51.8 Å². The second-order valence-corrected chi connectivity index (χ2v) is 5.01. The molecule has 0 N–H and O–H groups in total. The van der Waals surface area contributed by atoms with E-state index in [4.69, 9.17) is 4.74 Å². The van der Waals surface area contributed by atoms with Crippen molar-refractivity contribution in [2.75, 3.05) is 7.11 Å². The van der Waals surface area contributed by atoms with Crippen LogP contribution in [0, 0.1) is 0 Å². The van der Waals surface area contributed by atoms with Crippen molar-refractivity contribution in [1.29, 1.82) is 0 Å². The summed E-state index contributed by atoms with van der Waals surface area (Å²) in [7, 11) is 1.32. The molecule has 1 heterocycles. The standard InChI is InChI=1S/C11H19NO4/c1-7-6-8(9(13)15-5)12(7)10(14)16-11(2,3)4/h7-8H,6H2,1-5H3/t7-,8-/m1/s1. The summed E-state index contributed by atoms with van der Waals surface area (Å²) in [6, 6.07) is -0.464. The normalized spacial score (nSPS) is 24.7. The number of esters is 1. The van der Waals surface area contributed by atoms with Gasteiger partial charge in [0.05, 0.1) is 7.11 Å². The Bertz CT molecular complexity index is 295. The summed E-state index contributed by atoms with van der Waals surface area (Å²) < 4.78 is 9.84. The van der Waals surface area contributed by atoms with Crippen LogP contribution in [-0.2, 0) is 14.3 Å². The third-order valence-corrected chi connectivity index (χ3v) is 2.45. The maximum Gasteiger partial charge on any atom is 0.411 e. The van der Waals surface area contributed by atoms with Gasteiger partial charge in [-0.1, -0.05) is 0 Å². The molecule has 0 spiro atoms. The highest BCUT2D eigenvalue weighted by Gasteiger charge is 2.45. The monoisotopic (exact) mass is 229 g/mol. The van der Waals surface area contributed by atoms with E-state index in [0.717, 1.165) is 0 Å². The molecule has 1 saturated heterocycles. The fraction of sp³-hybridized carbons (Fsp3) is 0.818. The van der Waals surface area contributed by atoms with Crippen LogP contribution < -0.4 is 0 Å². The Morgan fingerprint density at radius 1 is 1.31 bits per heavy atom. The number of likely N-dealkylation sites (tertiary alicyclic amines) is 1. The van der Waals surface area contributed by atoms with Crippen LogP contribution in [0.3, 0.4) is 0 Å². The highest BCUT2D eigenvalue weighted by molar-refractivity contribution is 5.83. The van der Waals surface area contributed by atoms with Crippen molar-refractivity contribution in [3.8, 4) is 0 Å². The van der Waals surface area contributed by atoms with Crippen molar-refractivity contribution in [2.24, 2.45) is 0 Å². The van der Waals surface area contributed by atoms with Gasteiger partial charge in [0.15, 0.2) is 0 Å². The summed E-state index contributed by atoms with van der Waals surface area (Å²) in [5, 5.41) is 0. The van der Waals surface area contributed by atoms with Gasteiger partial charge >= 0.3 is 12.1 Å². The minimum absolute atomic E-state index is 0.0268. The Kier molecular flexibility index (Phi) is 3.45. The van der Waals surface area contributed by atoms with E-state index in [9.17, 15) is 9.59 Å². The van der Waals surface area contributed by atoms with E-state index in [0.29, 0.717) is 6.42 Å². The second kappa shape index (κ2) is 4.31. The summed E-state index contributed by atoms with van der Waals surface area (Å²) in [5.74, 6) is -0.385. The molecule has 0 saturated carbocycles. The smallest absolute Gasteiger partial charge is 0.411 e. The number of hydrogen-bond acceptors (Lipinski definition) is 4. The Hall–Kier alpha value is -1.26. The minimum Gasteiger partial charge on any atom is -0.467 e. The predicted molar refractivity (Wildman–Crippen MR) is 58.0 cm³/mol. The van der Waals surface area contributed by atoms with Gasteiger partial charge in [-0.3, -0.25) is 4.90 Å². The van der Waals surface area contributed by atoms with Crippen LogP contribution in [0.4, 0.5) is 4.79 Å². The molecule has 0 aliphatic carbocycles. The first-order chi connectivity index (χ1) is 7.26. The molecule has 92 valence electrons. The number of carbonyl (C=O) groups excluding carboxylic acids is 2. The van der Waals surface area contributed by atoms with Gasteiger partial charge in [-0.05, 0) is 34.1 Å². The lowest BCUT2D eigenvalue weighted by molar-refractivity contribution is -0.154. The van der Waals surface area contributed by atoms with Crippen molar-refractivity contribution in [3.05, 3.63) is 0 Å². The van der Waals surface area contributed by atoms with Crippen LogP contribution >= 0.6 is 0 Å². The number of amides is 1. The molecule has 1 rings (SSSR count). The first-order valence-corrected chi connectivity index (χ1v) is 5.35. The molecule has 1 aliphatic heterocycles. The maximum absolute atomic E-state index is 11.8. The summed E-state index contributed by atoms with van der Waals surface area (Å²) in [5.41, 5.74) is -0.549. The van der Waals surface area contributed by atoms with Crippen molar-refractivity contribution in [1.82, 2.24) is 4.90 Å². The molecule has 0 aromatic carbocycles. The third kappa shape index (κ3) is 2.65. The zero-order valence-electron chi connectivity index (χ0n) is 10.4. The van der Waals surface area contributed by atoms with Crippen LogP contribution in [0.25, 0.3) is 0 Å². The fourth-order valence-electron chi connectivity index (χ4n) is 1.69. The Balaban J connectivity index is 2.64. The molecule has 2 atom stereocenters. The second-order valence-electron chi connectivity index (χ2n) is 5.01. The van der Waals surface area contributed by atoms with E-state index in [1.54, 1.807) is 20.8 Å². The topological polar surface area (TPSA) is 55.8 Å². The molecule has 1 aliphatic rings. The average Bonchev–Trinajstić information content (AvgIpc) is 2.09. The van der Waals surface area contributed by atoms with Crippen LogP contribution in [0.1, 0.15) is 34.1 Å². The van der Waals surface area contributed by atoms with E-state index in [-0.39, 0.29) is 12.0 Å². The minimum atomic E-state index is -0.549. The van der Waals surface area contributed by atoms with Gasteiger partial charge in [-0.15, -0.1) is 0 Å². The van der Waals surface area contributed by atoms with Crippen molar-refractivity contribution in [3.63, 3.8) is 0 Å². The molecule has 1 fully saturated rings. The van der Waals surface area contributed by atoms with Crippen LogP contribution in [-0.4, -0.2) is 41.8 Å². The van der Waals surface area contributed by atoms with Crippen molar-refractivity contribution < 1.29 is 19.1 Å². The van der Waals surface area contributed by atoms with Gasteiger partial charge in [-0.2, -0.15) is 0 Å². The molecule has 16 heavy (non-hydrogen) atoms.